The van der Waals surface area contributed by atoms with Gasteiger partial charge in [0.05, 0.1) is 18.4 Å². The maximum absolute atomic E-state index is 13.3. The molecule has 0 spiro atoms. The molecule has 1 N–H and O–H groups in total. The molecular formula is C13H16FNO2S. The van der Waals surface area contributed by atoms with Crippen LogP contribution in [0.15, 0.2) is 18.2 Å². The molecule has 0 amide bonds. The third kappa shape index (κ3) is 2.96. The van der Waals surface area contributed by atoms with Crippen LogP contribution in [0.2, 0.25) is 0 Å². The van der Waals surface area contributed by atoms with Crippen LogP contribution in [0.3, 0.4) is 0 Å². The molecule has 2 unspecified atom stereocenters. The third-order valence-electron chi connectivity index (χ3n) is 2.94. The zero-order chi connectivity index (χ0) is 13.1. The van der Waals surface area contributed by atoms with Crippen molar-refractivity contribution in [3.05, 3.63) is 29.6 Å². The number of hydrogen-bond acceptors (Lipinski definition) is 4. The van der Waals surface area contributed by atoms with Crippen molar-refractivity contribution in [3.63, 3.8) is 0 Å². The van der Waals surface area contributed by atoms with E-state index in [4.69, 9.17) is 4.74 Å². The highest BCUT2D eigenvalue weighted by atomic mass is 32.2. The summed E-state index contributed by atoms with van der Waals surface area (Å²) in [7, 11) is 1.32. The van der Waals surface area contributed by atoms with Crippen LogP contribution in [0, 0.1) is 5.82 Å². The van der Waals surface area contributed by atoms with Crippen LogP contribution in [0.25, 0.3) is 0 Å². The van der Waals surface area contributed by atoms with E-state index >= 15 is 0 Å². The Morgan fingerprint density at radius 3 is 2.94 bits per heavy atom. The monoisotopic (exact) mass is 269 g/mol. The molecule has 1 heterocycles. The molecule has 98 valence electrons. The Morgan fingerprint density at radius 1 is 1.56 bits per heavy atom. The first-order chi connectivity index (χ1) is 8.60. The minimum Gasteiger partial charge on any atom is -0.465 e. The van der Waals surface area contributed by atoms with Crippen molar-refractivity contribution >= 4 is 23.4 Å². The molecule has 0 aromatic heterocycles. The smallest absolute Gasteiger partial charge is 0.339 e. The summed E-state index contributed by atoms with van der Waals surface area (Å²) < 4.78 is 18.0. The van der Waals surface area contributed by atoms with E-state index in [1.807, 2.05) is 11.8 Å². The fourth-order valence-electron chi connectivity index (χ4n) is 2.06. The number of halogens is 1. The Bertz CT molecular complexity index is 453. The Balaban J connectivity index is 2.19. The van der Waals surface area contributed by atoms with Gasteiger partial charge in [0.2, 0.25) is 0 Å². The van der Waals surface area contributed by atoms with Crippen LogP contribution in [-0.4, -0.2) is 30.1 Å². The minimum atomic E-state index is -0.448. The number of carbonyl (C=O) groups is 1. The zero-order valence-electron chi connectivity index (χ0n) is 10.4. The van der Waals surface area contributed by atoms with Crippen molar-refractivity contribution in [3.8, 4) is 0 Å². The van der Waals surface area contributed by atoms with Gasteiger partial charge >= 0.3 is 5.97 Å². The van der Waals surface area contributed by atoms with Crippen LogP contribution in [0.4, 0.5) is 10.1 Å². The molecule has 1 fully saturated rings. The number of rotatable bonds is 3. The van der Waals surface area contributed by atoms with Crippen LogP contribution < -0.4 is 5.32 Å². The van der Waals surface area contributed by atoms with Gasteiger partial charge in [-0.1, -0.05) is 6.92 Å². The Kier molecular flexibility index (Phi) is 4.11. The second kappa shape index (κ2) is 5.61. The molecule has 18 heavy (non-hydrogen) atoms. The van der Waals surface area contributed by atoms with Gasteiger partial charge in [0, 0.05) is 17.0 Å². The number of ether oxygens (including phenoxy) is 1. The molecule has 0 saturated carbocycles. The van der Waals surface area contributed by atoms with Crippen LogP contribution in [-0.2, 0) is 4.74 Å². The van der Waals surface area contributed by atoms with Crippen LogP contribution in [0.5, 0.6) is 0 Å². The number of esters is 1. The van der Waals surface area contributed by atoms with E-state index in [9.17, 15) is 9.18 Å². The van der Waals surface area contributed by atoms with Crippen LogP contribution in [0.1, 0.15) is 23.7 Å². The summed E-state index contributed by atoms with van der Waals surface area (Å²) in [6, 6.07) is 4.34. The van der Waals surface area contributed by atoms with Gasteiger partial charge in [-0.3, -0.25) is 0 Å². The lowest BCUT2D eigenvalue weighted by atomic mass is 10.1. The summed E-state index contributed by atoms with van der Waals surface area (Å²) >= 11 is 1.88. The van der Waals surface area contributed by atoms with E-state index in [0.717, 1.165) is 12.2 Å². The first-order valence-corrected chi connectivity index (χ1v) is 6.91. The highest BCUT2D eigenvalue weighted by Crippen LogP contribution is 2.29. The first-order valence-electron chi connectivity index (χ1n) is 5.86. The zero-order valence-corrected chi connectivity index (χ0v) is 11.2. The lowest BCUT2D eigenvalue weighted by Gasteiger charge is -2.16. The van der Waals surface area contributed by atoms with E-state index in [2.05, 4.69) is 12.2 Å². The standard InChI is InChI=1S/C13H16FNO2S/c1-8-5-10(7-18-8)15-12-6-9(14)3-4-11(12)13(16)17-2/h3-4,6,8,10,15H,5,7H2,1-2H3. The minimum absolute atomic E-state index is 0.273. The molecular weight excluding hydrogens is 253 g/mol. The van der Waals surface area contributed by atoms with E-state index in [1.54, 1.807) is 0 Å². The molecule has 2 atom stereocenters. The highest BCUT2D eigenvalue weighted by Gasteiger charge is 2.23. The topological polar surface area (TPSA) is 38.3 Å². The fourth-order valence-corrected chi connectivity index (χ4v) is 3.21. The number of nitrogens with one attached hydrogen (secondary N) is 1. The summed E-state index contributed by atoms with van der Waals surface area (Å²) in [4.78, 5) is 11.6. The lowest BCUT2D eigenvalue weighted by molar-refractivity contribution is 0.0602. The second-order valence-electron chi connectivity index (χ2n) is 4.40. The molecule has 1 aromatic carbocycles. The molecule has 0 aliphatic carbocycles. The Hall–Kier alpha value is -1.23. The van der Waals surface area contributed by atoms with E-state index < -0.39 is 5.97 Å². The largest absolute Gasteiger partial charge is 0.465 e. The first kappa shape index (κ1) is 13.2. The average molecular weight is 269 g/mol. The van der Waals surface area contributed by atoms with Gasteiger partial charge in [0.1, 0.15) is 5.82 Å². The van der Waals surface area contributed by atoms with Crippen molar-refractivity contribution in [1.29, 1.82) is 0 Å². The SMILES string of the molecule is COC(=O)c1ccc(F)cc1NC1CSC(C)C1. The highest BCUT2D eigenvalue weighted by molar-refractivity contribution is 8.00. The van der Waals surface area contributed by atoms with Gasteiger partial charge in [0.25, 0.3) is 0 Å². The normalized spacial score (nSPS) is 22.8. The van der Waals surface area contributed by atoms with Gasteiger partial charge in [-0.25, -0.2) is 9.18 Å². The third-order valence-corrected chi connectivity index (χ3v) is 4.30. The Labute approximate surface area is 110 Å². The second-order valence-corrected chi connectivity index (χ2v) is 5.87. The summed E-state index contributed by atoms with van der Waals surface area (Å²) in [5.41, 5.74) is 0.894. The summed E-state index contributed by atoms with van der Waals surface area (Å²) in [6.45, 7) is 2.17. The summed E-state index contributed by atoms with van der Waals surface area (Å²) in [5.74, 6) is 0.165. The van der Waals surface area contributed by atoms with Gasteiger partial charge in [-0.2, -0.15) is 11.8 Å². The molecule has 1 saturated heterocycles. The molecule has 0 bridgehead atoms. The average Bonchev–Trinajstić information content (AvgIpc) is 2.74. The van der Waals surface area contributed by atoms with Gasteiger partial charge < -0.3 is 10.1 Å². The van der Waals surface area contributed by atoms with E-state index in [0.29, 0.717) is 16.5 Å². The maximum atomic E-state index is 13.3. The number of methoxy groups -OCH3 is 1. The Morgan fingerprint density at radius 2 is 2.33 bits per heavy atom. The lowest BCUT2D eigenvalue weighted by Crippen LogP contribution is -2.21. The molecule has 1 aromatic rings. The van der Waals surface area contributed by atoms with Gasteiger partial charge in [-0.15, -0.1) is 0 Å². The summed E-state index contributed by atoms with van der Waals surface area (Å²) in [6.07, 6.45) is 1.02. The number of benzene rings is 1. The van der Waals surface area contributed by atoms with Crippen molar-refractivity contribution in [2.45, 2.75) is 24.6 Å². The van der Waals surface area contributed by atoms with Crippen molar-refractivity contribution < 1.29 is 13.9 Å². The molecule has 5 heteroatoms. The van der Waals surface area contributed by atoms with Crippen molar-refractivity contribution in [2.75, 3.05) is 18.2 Å². The molecule has 2 rings (SSSR count). The number of thioether (sulfide) groups is 1. The van der Waals surface area contributed by atoms with Gasteiger partial charge in [-0.05, 0) is 24.6 Å². The molecule has 1 aliphatic rings. The van der Waals surface area contributed by atoms with Gasteiger partial charge in [0.15, 0.2) is 0 Å². The number of hydrogen-bond donors (Lipinski definition) is 1. The predicted octanol–water partition coefficient (Wildman–Crippen LogP) is 2.92. The van der Waals surface area contributed by atoms with Crippen molar-refractivity contribution in [1.82, 2.24) is 0 Å². The van der Waals surface area contributed by atoms with Crippen LogP contribution >= 0.6 is 11.8 Å². The van der Waals surface area contributed by atoms with E-state index in [-0.39, 0.29) is 11.9 Å². The van der Waals surface area contributed by atoms with E-state index in [1.165, 1.54) is 25.3 Å². The molecule has 3 nitrogen and oxygen atoms in total. The quantitative estimate of drug-likeness (QED) is 0.856. The predicted molar refractivity (Wildman–Crippen MR) is 71.7 cm³/mol. The number of anilines is 1. The molecule has 1 aliphatic heterocycles. The summed E-state index contributed by atoms with van der Waals surface area (Å²) in [5, 5.41) is 3.83. The molecule has 0 radical (unpaired) electrons. The number of carbonyl (C=O) groups excluding carboxylic acids is 1. The fraction of sp³-hybridized carbons (Fsp3) is 0.462. The van der Waals surface area contributed by atoms with Crippen molar-refractivity contribution in [2.24, 2.45) is 0 Å². The maximum Gasteiger partial charge on any atom is 0.339 e.